The average Bonchev–Trinajstić information content (AvgIpc) is 3.26. The van der Waals surface area contributed by atoms with Gasteiger partial charge in [0.15, 0.2) is 11.4 Å². The van der Waals surface area contributed by atoms with E-state index in [1.165, 1.54) is 4.90 Å². The Hall–Kier alpha value is -3.76. The molecule has 2 aromatic carbocycles. The predicted molar refractivity (Wildman–Crippen MR) is 110 cm³/mol. The van der Waals surface area contributed by atoms with Gasteiger partial charge in [-0.15, -0.1) is 5.10 Å². The van der Waals surface area contributed by atoms with Gasteiger partial charge in [0.05, 0.1) is 11.6 Å². The number of hydrogen-bond donors (Lipinski definition) is 1. The molecule has 1 aromatic heterocycles. The number of hydrogen-bond acceptors (Lipinski definition) is 4. The number of amides is 2. The molecule has 1 N–H and O–H groups in total. The van der Waals surface area contributed by atoms with E-state index in [0.29, 0.717) is 23.2 Å². The van der Waals surface area contributed by atoms with Gasteiger partial charge in [-0.25, -0.2) is 9.07 Å². The molecule has 4 rings (SSSR count). The standard InChI is InChI=1S/C22H19F4N5O2/c23-15-8-10-17(11-9-15)31-19(22(24,25)26)18(28-29-31)21(33)30-12-4-5-14(13-30)20(32)27-16-6-2-1-3-7-16/h1-3,6-11,14H,4-5,12-13H2,(H,27,32). The molecule has 1 aliphatic rings. The van der Waals surface area contributed by atoms with Gasteiger partial charge in [-0.05, 0) is 49.2 Å². The van der Waals surface area contributed by atoms with Crippen LogP contribution in [-0.2, 0) is 11.0 Å². The molecule has 1 atom stereocenters. The van der Waals surface area contributed by atoms with Crippen LogP contribution >= 0.6 is 0 Å². The van der Waals surface area contributed by atoms with Gasteiger partial charge in [-0.2, -0.15) is 13.2 Å². The fraction of sp³-hybridized carbons (Fsp3) is 0.273. The summed E-state index contributed by atoms with van der Waals surface area (Å²) in [4.78, 5) is 26.8. The van der Waals surface area contributed by atoms with Gasteiger partial charge in [0.25, 0.3) is 5.91 Å². The van der Waals surface area contributed by atoms with Crippen molar-refractivity contribution in [3.63, 3.8) is 0 Å². The van der Waals surface area contributed by atoms with Crippen molar-refractivity contribution in [2.45, 2.75) is 19.0 Å². The number of anilines is 1. The van der Waals surface area contributed by atoms with Crippen LogP contribution in [0.3, 0.4) is 0 Å². The number of para-hydroxylation sites is 1. The lowest BCUT2D eigenvalue weighted by Crippen LogP contribution is -2.44. The maximum atomic E-state index is 13.9. The van der Waals surface area contributed by atoms with Crippen LogP contribution < -0.4 is 5.32 Å². The van der Waals surface area contributed by atoms with E-state index in [1.807, 2.05) is 0 Å². The molecule has 11 heteroatoms. The zero-order chi connectivity index (χ0) is 23.6. The summed E-state index contributed by atoms with van der Waals surface area (Å²) in [5, 5.41) is 9.76. The number of alkyl halides is 3. The zero-order valence-corrected chi connectivity index (χ0v) is 17.2. The summed E-state index contributed by atoms with van der Waals surface area (Å²) in [6, 6.07) is 12.9. The van der Waals surface area contributed by atoms with Gasteiger partial charge < -0.3 is 10.2 Å². The number of halogens is 4. The van der Waals surface area contributed by atoms with Crippen molar-refractivity contribution >= 4 is 17.5 Å². The molecule has 3 aromatic rings. The van der Waals surface area contributed by atoms with Crippen molar-refractivity contribution in [1.82, 2.24) is 19.9 Å². The van der Waals surface area contributed by atoms with Gasteiger partial charge in [-0.3, -0.25) is 9.59 Å². The molecular weight excluding hydrogens is 442 g/mol. The zero-order valence-electron chi connectivity index (χ0n) is 17.2. The Morgan fingerprint density at radius 3 is 2.39 bits per heavy atom. The van der Waals surface area contributed by atoms with Gasteiger partial charge in [-0.1, -0.05) is 23.4 Å². The molecule has 0 radical (unpaired) electrons. The van der Waals surface area contributed by atoms with Gasteiger partial charge in [0, 0.05) is 18.8 Å². The van der Waals surface area contributed by atoms with Crippen molar-refractivity contribution in [2.24, 2.45) is 5.92 Å². The Morgan fingerprint density at radius 1 is 1.03 bits per heavy atom. The van der Waals surface area contributed by atoms with Crippen LogP contribution in [0.25, 0.3) is 5.69 Å². The highest BCUT2D eigenvalue weighted by molar-refractivity contribution is 5.96. The summed E-state index contributed by atoms with van der Waals surface area (Å²) in [5.41, 5.74) is -1.72. The topological polar surface area (TPSA) is 80.1 Å². The Balaban J connectivity index is 1.57. The number of aromatic nitrogens is 3. The third-order valence-electron chi connectivity index (χ3n) is 5.33. The lowest BCUT2D eigenvalue weighted by atomic mass is 9.96. The van der Waals surface area contributed by atoms with E-state index in [0.717, 1.165) is 24.3 Å². The first-order valence-electron chi connectivity index (χ1n) is 10.2. The Labute approximate surface area is 186 Å². The Bertz CT molecular complexity index is 1150. The molecule has 0 aliphatic carbocycles. The van der Waals surface area contributed by atoms with Crippen LogP contribution in [0.4, 0.5) is 23.2 Å². The highest BCUT2D eigenvalue weighted by Crippen LogP contribution is 2.34. The summed E-state index contributed by atoms with van der Waals surface area (Å²) in [5.74, 6) is -2.49. The second-order valence-corrected chi connectivity index (χ2v) is 7.62. The van der Waals surface area contributed by atoms with Crippen molar-refractivity contribution in [3.05, 3.63) is 71.8 Å². The molecule has 2 amide bonds. The second-order valence-electron chi connectivity index (χ2n) is 7.62. The van der Waals surface area contributed by atoms with Crippen LogP contribution in [0.5, 0.6) is 0 Å². The lowest BCUT2D eigenvalue weighted by Gasteiger charge is -2.31. The van der Waals surface area contributed by atoms with E-state index >= 15 is 0 Å². The summed E-state index contributed by atoms with van der Waals surface area (Å²) >= 11 is 0. The number of likely N-dealkylation sites (tertiary alicyclic amines) is 1. The van der Waals surface area contributed by atoms with Gasteiger partial charge >= 0.3 is 6.18 Å². The Kier molecular flexibility index (Phi) is 6.12. The largest absolute Gasteiger partial charge is 0.435 e. The monoisotopic (exact) mass is 461 g/mol. The third kappa shape index (κ3) is 4.86. The fourth-order valence-electron chi connectivity index (χ4n) is 3.73. The highest BCUT2D eigenvalue weighted by Gasteiger charge is 2.43. The van der Waals surface area contributed by atoms with Crippen molar-refractivity contribution in [2.75, 3.05) is 18.4 Å². The molecule has 1 saturated heterocycles. The van der Waals surface area contributed by atoms with E-state index in [-0.39, 0.29) is 24.7 Å². The summed E-state index contributed by atoms with van der Waals surface area (Å²) in [6.07, 6.45) is -3.99. The van der Waals surface area contributed by atoms with Crippen LogP contribution in [0.1, 0.15) is 29.0 Å². The van der Waals surface area contributed by atoms with E-state index in [2.05, 4.69) is 15.6 Å². The maximum absolute atomic E-state index is 13.9. The minimum Gasteiger partial charge on any atom is -0.336 e. The molecule has 172 valence electrons. The quantitative estimate of drug-likeness (QED) is 0.598. The predicted octanol–water partition coefficient (Wildman–Crippen LogP) is 3.92. The molecular formula is C22H19F4N5O2. The van der Waals surface area contributed by atoms with Crippen LogP contribution in [0.15, 0.2) is 54.6 Å². The normalized spacial score (nSPS) is 16.5. The smallest absolute Gasteiger partial charge is 0.336 e. The minimum atomic E-state index is -4.94. The van der Waals surface area contributed by atoms with Gasteiger partial charge in [0.2, 0.25) is 5.91 Å². The first-order valence-corrected chi connectivity index (χ1v) is 10.2. The third-order valence-corrected chi connectivity index (χ3v) is 5.33. The summed E-state index contributed by atoms with van der Waals surface area (Å²) in [7, 11) is 0. The van der Waals surface area contributed by atoms with Crippen molar-refractivity contribution < 1.29 is 27.2 Å². The first kappa shape index (κ1) is 22.4. The van der Waals surface area contributed by atoms with Gasteiger partial charge in [0.1, 0.15) is 5.82 Å². The Morgan fingerprint density at radius 2 is 1.73 bits per heavy atom. The average molecular weight is 461 g/mol. The molecule has 0 bridgehead atoms. The van der Waals surface area contributed by atoms with E-state index in [4.69, 9.17) is 0 Å². The molecule has 2 heterocycles. The number of rotatable bonds is 4. The molecule has 1 aliphatic heterocycles. The minimum absolute atomic E-state index is 0.0434. The second kappa shape index (κ2) is 9.00. The summed E-state index contributed by atoms with van der Waals surface area (Å²) in [6.45, 7) is 0.146. The molecule has 33 heavy (non-hydrogen) atoms. The number of nitrogens with zero attached hydrogens (tertiary/aromatic N) is 4. The number of carbonyl (C=O) groups excluding carboxylic acids is 2. The SMILES string of the molecule is O=C(Nc1ccccc1)C1CCCN(C(=O)c2nnn(-c3ccc(F)cc3)c2C(F)(F)F)C1. The van der Waals surface area contributed by atoms with Crippen LogP contribution in [0, 0.1) is 11.7 Å². The highest BCUT2D eigenvalue weighted by atomic mass is 19.4. The van der Waals surface area contributed by atoms with E-state index in [9.17, 15) is 27.2 Å². The fourth-order valence-corrected chi connectivity index (χ4v) is 3.73. The van der Waals surface area contributed by atoms with Crippen LogP contribution in [-0.4, -0.2) is 44.8 Å². The summed E-state index contributed by atoms with van der Waals surface area (Å²) < 4.78 is 55.3. The van der Waals surface area contributed by atoms with E-state index in [1.54, 1.807) is 30.3 Å². The molecule has 1 fully saturated rings. The van der Waals surface area contributed by atoms with Crippen molar-refractivity contribution in [3.8, 4) is 5.69 Å². The number of piperidine rings is 1. The van der Waals surface area contributed by atoms with Crippen molar-refractivity contribution in [1.29, 1.82) is 0 Å². The molecule has 0 spiro atoms. The lowest BCUT2D eigenvalue weighted by molar-refractivity contribution is -0.143. The molecule has 0 saturated carbocycles. The molecule has 7 nitrogen and oxygen atoms in total. The molecule has 1 unspecified atom stereocenters. The van der Waals surface area contributed by atoms with Crippen LogP contribution in [0.2, 0.25) is 0 Å². The van der Waals surface area contributed by atoms with E-state index < -0.39 is 35.2 Å². The number of benzene rings is 2. The first-order chi connectivity index (χ1) is 15.7. The number of nitrogens with one attached hydrogen (secondary N) is 1. The number of carbonyl (C=O) groups is 2. The maximum Gasteiger partial charge on any atom is 0.435 e.